The Hall–Kier alpha value is -2.21. The van der Waals surface area contributed by atoms with Gasteiger partial charge in [-0.25, -0.2) is 12.8 Å². The van der Waals surface area contributed by atoms with E-state index in [4.69, 9.17) is 0 Å². The quantitative estimate of drug-likeness (QED) is 0.836. The number of rotatable bonds is 7. The number of amides is 1. The Bertz CT molecular complexity index is 791. The molecule has 0 radical (unpaired) electrons. The number of carbonyl (C=O) groups is 1. The second-order valence-corrected chi connectivity index (χ2v) is 7.97. The number of hydrogen-bond acceptors (Lipinski definition) is 3. The minimum Gasteiger partial charge on any atom is -0.349 e. The molecule has 2 rings (SSSR count). The summed E-state index contributed by atoms with van der Waals surface area (Å²) in [5, 5.41) is 2.75. The number of halogens is 1. The Morgan fingerprint density at radius 3 is 2.33 bits per heavy atom. The van der Waals surface area contributed by atoms with Gasteiger partial charge in [-0.2, -0.15) is 0 Å². The molecule has 0 heterocycles. The molecule has 0 aliphatic carbocycles. The van der Waals surface area contributed by atoms with Gasteiger partial charge in [0.1, 0.15) is 15.7 Å². The summed E-state index contributed by atoms with van der Waals surface area (Å²) >= 11 is 0. The van der Waals surface area contributed by atoms with Crippen LogP contribution in [0.1, 0.15) is 23.6 Å². The van der Waals surface area contributed by atoms with Crippen LogP contribution in [-0.4, -0.2) is 26.3 Å². The fraction of sp³-hybridized carbons (Fsp3) is 0.278. The lowest BCUT2D eigenvalue weighted by Gasteiger charge is -2.20. The van der Waals surface area contributed by atoms with E-state index in [1.807, 2.05) is 30.3 Å². The third kappa shape index (κ3) is 5.77. The van der Waals surface area contributed by atoms with E-state index in [1.54, 1.807) is 18.2 Å². The molecule has 1 N–H and O–H groups in total. The third-order valence-corrected chi connectivity index (χ3v) is 4.54. The predicted octanol–water partition coefficient (Wildman–Crippen LogP) is 2.66. The van der Waals surface area contributed by atoms with E-state index >= 15 is 0 Å². The minimum atomic E-state index is -3.22. The molecule has 24 heavy (non-hydrogen) atoms. The van der Waals surface area contributed by atoms with Crippen LogP contribution in [0, 0.1) is 5.82 Å². The van der Waals surface area contributed by atoms with Gasteiger partial charge in [-0.05, 0) is 18.1 Å². The molecule has 0 unspecified atom stereocenters. The van der Waals surface area contributed by atoms with Crippen LogP contribution in [0.25, 0.3) is 0 Å². The average molecular weight is 349 g/mol. The molecule has 1 atom stereocenters. The van der Waals surface area contributed by atoms with Gasteiger partial charge in [0.05, 0.1) is 11.8 Å². The average Bonchev–Trinajstić information content (AvgIpc) is 2.53. The molecule has 0 saturated heterocycles. The summed E-state index contributed by atoms with van der Waals surface area (Å²) < 4.78 is 36.5. The summed E-state index contributed by atoms with van der Waals surface area (Å²) in [5.74, 6) is -1.04. The fourth-order valence-electron chi connectivity index (χ4n) is 2.39. The van der Waals surface area contributed by atoms with Crippen molar-refractivity contribution in [3.05, 3.63) is 71.5 Å². The second kappa shape index (κ2) is 8.06. The largest absolute Gasteiger partial charge is 0.349 e. The van der Waals surface area contributed by atoms with Gasteiger partial charge in [0.25, 0.3) is 0 Å². The van der Waals surface area contributed by atoms with E-state index in [0.29, 0.717) is 12.0 Å². The van der Waals surface area contributed by atoms with Crippen LogP contribution in [0.15, 0.2) is 54.6 Å². The molecule has 2 aromatic carbocycles. The van der Waals surface area contributed by atoms with Crippen molar-refractivity contribution in [3.8, 4) is 0 Å². The van der Waals surface area contributed by atoms with Crippen LogP contribution in [0.4, 0.5) is 4.39 Å². The first kappa shape index (κ1) is 18.1. The Labute approximate surface area is 141 Å². The van der Waals surface area contributed by atoms with E-state index in [2.05, 4.69) is 5.32 Å². The lowest BCUT2D eigenvalue weighted by atomic mass is 9.98. The van der Waals surface area contributed by atoms with Crippen molar-refractivity contribution in [1.82, 2.24) is 5.32 Å². The molecule has 2 aromatic rings. The lowest BCUT2D eigenvalue weighted by Crippen LogP contribution is -2.31. The van der Waals surface area contributed by atoms with Crippen molar-refractivity contribution in [2.24, 2.45) is 0 Å². The number of benzene rings is 2. The molecule has 0 aliphatic rings. The summed E-state index contributed by atoms with van der Waals surface area (Å²) in [7, 11) is -3.22. The van der Waals surface area contributed by atoms with E-state index in [-0.39, 0.29) is 12.2 Å². The highest BCUT2D eigenvalue weighted by Crippen LogP contribution is 2.21. The topological polar surface area (TPSA) is 63.2 Å². The summed E-state index contributed by atoms with van der Waals surface area (Å²) in [4.78, 5) is 12.1. The molecular weight excluding hydrogens is 329 g/mol. The molecule has 4 nitrogen and oxygen atoms in total. The highest BCUT2D eigenvalue weighted by Gasteiger charge is 2.19. The summed E-state index contributed by atoms with van der Waals surface area (Å²) in [6, 6.07) is 15.1. The molecule has 0 saturated carbocycles. The van der Waals surface area contributed by atoms with Crippen molar-refractivity contribution in [2.75, 3.05) is 12.0 Å². The molecule has 1 amide bonds. The van der Waals surface area contributed by atoms with Gasteiger partial charge in [-0.3, -0.25) is 4.79 Å². The van der Waals surface area contributed by atoms with Crippen LogP contribution >= 0.6 is 0 Å². The van der Waals surface area contributed by atoms with E-state index in [9.17, 15) is 17.6 Å². The van der Waals surface area contributed by atoms with Gasteiger partial charge >= 0.3 is 0 Å². The van der Waals surface area contributed by atoms with Crippen LogP contribution in [0.5, 0.6) is 0 Å². The number of nitrogens with one attached hydrogen (secondary N) is 1. The maximum absolute atomic E-state index is 14.1. The normalized spacial score (nSPS) is 12.6. The van der Waals surface area contributed by atoms with E-state index in [1.165, 1.54) is 6.07 Å². The zero-order chi connectivity index (χ0) is 17.6. The number of sulfone groups is 1. The van der Waals surface area contributed by atoms with Gasteiger partial charge in [0.15, 0.2) is 0 Å². The Morgan fingerprint density at radius 2 is 1.71 bits per heavy atom. The predicted molar refractivity (Wildman–Crippen MR) is 91.8 cm³/mol. The van der Waals surface area contributed by atoms with Gasteiger partial charge < -0.3 is 5.32 Å². The first-order valence-corrected chi connectivity index (χ1v) is 9.66. The van der Waals surface area contributed by atoms with E-state index in [0.717, 1.165) is 11.8 Å². The van der Waals surface area contributed by atoms with Crippen molar-refractivity contribution in [2.45, 2.75) is 18.9 Å². The second-order valence-electron chi connectivity index (χ2n) is 5.71. The summed E-state index contributed by atoms with van der Waals surface area (Å²) in [6.07, 6.45) is 1.36. The smallest absolute Gasteiger partial charge is 0.221 e. The first-order chi connectivity index (χ1) is 11.3. The molecule has 0 aromatic heterocycles. The van der Waals surface area contributed by atoms with E-state index < -0.39 is 27.6 Å². The monoisotopic (exact) mass is 349 g/mol. The maximum Gasteiger partial charge on any atom is 0.221 e. The zero-order valence-corrected chi connectivity index (χ0v) is 14.2. The first-order valence-electron chi connectivity index (χ1n) is 7.60. The highest BCUT2D eigenvalue weighted by atomic mass is 32.2. The molecule has 0 bridgehead atoms. The third-order valence-electron chi connectivity index (χ3n) is 3.60. The van der Waals surface area contributed by atoms with Crippen molar-refractivity contribution >= 4 is 15.7 Å². The zero-order valence-electron chi connectivity index (χ0n) is 13.4. The van der Waals surface area contributed by atoms with Crippen LogP contribution in [-0.2, 0) is 21.1 Å². The SMILES string of the molecule is CS(=O)(=O)CCC(=O)N[C@@H](Cc1ccccc1)c1ccccc1F. The lowest BCUT2D eigenvalue weighted by molar-refractivity contribution is -0.121. The molecular formula is C18H20FNO3S. The van der Waals surface area contributed by atoms with Gasteiger partial charge in [0, 0.05) is 18.2 Å². The molecule has 0 fully saturated rings. The van der Waals surface area contributed by atoms with Gasteiger partial charge in [-0.15, -0.1) is 0 Å². The molecule has 0 spiro atoms. The maximum atomic E-state index is 14.1. The van der Waals surface area contributed by atoms with Crippen LogP contribution < -0.4 is 5.32 Å². The number of hydrogen-bond donors (Lipinski definition) is 1. The Morgan fingerprint density at radius 1 is 1.08 bits per heavy atom. The molecule has 6 heteroatoms. The molecule has 0 aliphatic heterocycles. The Balaban J connectivity index is 2.17. The summed E-state index contributed by atoms with van der Waals surface area (Å²) in [6.45, 7) is 0. The van der Waals surface area contributed by atoms with Gasteiger partial charge in [0.2, 0.25) is 5.91 Å². The highest BCUT2D eigenvalue weighted by molar-refractivity contribution is 7.90. The minimum absolute atomic E-state index is 0.140. The van der Waals surface area contributed by atoms with Crippen molar-refractivity contribution in [3.63, 3.8) is 0 Å². The van der Waals surface area contributed by atoms with Crippen LogP contribution in [0.3, 0.4) is 0 Å². The van der Waals surface area contributed by atoms with Crippen molar-refractivity contribution < 1.29 is 17.6 Å². The standard InChI is InChI=1S/C18H20FNO3S/c1-24(22,23)12-11-18(21)20-17(13-14-7-3-2-4-8-14)15-9-5-6-10-16(15)19/h2-10,17H,11-13H2,1H3,(H,20,21)/t17-/m0/s1. The number of carbonyl (C=O) groups excluding carboxylic acids is 1. The van der Waals surface area contributed by atoms with Crippen LogP contribution in [0.2, 0.25) is 0 Å². The van der Waals surface area contributed by atoms with Crippen molar-refractivity contribution in [1.29, 1.82) is 0 Å². The molecule has 128 valence electrons. The Kier molecular flexibility index (Phi) is 6.09. The van der Waals surface area contributed by atoms with Gasteiger partial charge in [-0.1, -0.05) is 48.5 Å². The summed E-state index contributed by atoms with van der Waals surface area (Å²) in [5.41, 5.74) is 1.34. The fourth-order valence-corrected chi connectivity index (χ4v) is 2.95.